The predicted octanol–water partition coefficient (Wildman–Crippen LogP) is 3.12. The van der Waals surface area contributed by atoms with Crippen molar-refractivity contribution in [1.29, 1.82) is 0 Å². The molecule has 2 aliphatic rings. The van der Waals surface area contributed by atoms with Crippen LogP contribution in [0.2, 0.25) is 0 Å². The van der Waals surface area contributed by atoms with Gasteiger partial charge in [-0.25, -0.2) is 0 Å². The topological polar surface area (TPSA) is 64.3 Å². The number of anilines is 1. The second kappa shape index (κ2) is 5.81. The second-order valence-electron chi connectivity index (χ2n) is 7.05. The van der Waals surface area contributed by atoms with Gasteiger partial charge in [0.25, 0.3) is 0 Å². The molecular formula is C19H21N5O. The van der Waals surface area contributed by atoms with E-state index in [0.29, 0.717) is 0 Å². The van der Waals surface area contributed by atoms with Gasteiger partial charge in [-0.2, -0.15) is 4.52 Å². The van der Waals surface area contributed by atoms with Crippen LogP contribution in [0.3, 0.4) is 0 Å². The molecule has 5 rings (SSSR count). The summed E-state index contributed by atoms with van der Waals surface area (Å²) < 4.78 is 7.56. The van der Waals surface area contributed by atoms with Gasteiger partial charge in [-0.15, -0.1) is 15.3 Å². The highest BCUT2D eigenvalue weighted by Crippen LogP contribution is 2.48. The maximum absolute atomic E-state index is 5.74. The molecule has 2 fully saturated rings. The molecule has 0 amide bonds. The molecule has 2 aromatic heterocycles. The van der Waals surface area contributed by atoms with Crippen LogP contribution in [0.4, 0.5) is 5.82 Å². The summed E-state index contributed by atoms with van der Waals surface area (Å²) in [6.07, 6.45) is 4.51. The Morgan fingerprint density at radius 2 is 2.00 bits per heavy atom. The zero-order valence-electron chi connectivity index (χ0n) is 14.1. The van der Waals surface area contributed by atoms with Gasteiger partial charge in [-0.3, -0.25) is 0 Å². The van der Waals surface area contributed by atoms with Crippen LogP contribution in [-0.4, -0.2) is 33.0 Å². The van der Waals surface area contributed by atoms with Gasteiger partial charge in [0.05, 0.1) is 0 Å². The monoisotopic (exact) mass is 335 g/mol. The minimum Gasteiger partial charge on any atom is -0.370 e. The molecule has 3 heterocycles. The third-order valence-electron chi connectivity index (χ3n) is 5.35. The Balaban J connectivity index is 1.37. The van der Waals surface area contributed by atoms with Gasteiger partial charge in [-0.1, -0.05) is 30.3 Å². The number of rotatable bonds is 5. The van der Waals surface area contributed by atoms with Gasteiger partial charge in [0.15, 0.2) is 11.5 Å². The van der Waals surface area contributed by atoms with Gasteiger partial charge in [0, 0.05) is 18.6 Å². The molecule has 1 aliphatic heterocycles. The van der Waals surface area contributed by atoms with E-state index in [9.17, 15) is 0 Å². The molecule has 0 bridgehead atoms. The van der Waals surface area contributed by atoms with Crippen molar-refractivity contribution in [2.45, 2.75) is 37.2 Å². The van der Waals surface area contributed by atoms with Gasteiger partial charge in [0.1, 0.15) is 11.9 Å². The number of fused-ring (bicyclic) bond motifs is 1. The Morgan fingerprint density at radius 1 is 1.12 bits per heavy atom. The summed E-state index contributed by atoms with van der Waals surface area (Å²) in [4.78, 5) is 0. The van der Waals surface area contributed by atoms with Crippen LogP contribution in [0.15, 0.2) is 42.5 Å². The lowest BCUT2D eigenvalue weighted by atomic mass is 9.96. The van der Waals surface area contributed by atoms with E-state index in [4.69, 9.17) is 9.84 Å². The highest BCUT2D eigenvalue weighted by Gasteiger charge is 2.43. The van der Waals surface area contributed by atoms with E-state index in [1.54, 1.807) is 0 Å². The Kier molecular flexibility index (Phi) is 3.45. The van der Waals surface area contributed by atoms with Crippen molar-refractivity contribution < 1.29 is 4.74 Å². The van der Waals surface area contributed by atoms with E-state index in [1.165, 1.54) is 18.4 Å². The number of hydrogen-bond donors (Lipinski definition) is 1. The van der Waals surface area contributed by atoms with Crippen LogP contribution < -0.4 is 5.32 Å². The Hall–Kier alpha value is -2.47. The van der Waals surface area contributed by atoms with Crippen molar-refractivity contribution >= 4 is 11.5 Å². The van der Waals surface area contributed by atoms with E-state index >= 15 is 0 Å². The van der Waals surface area contributed by atoms with Crippen LogP contribution in [-0.2, 0) is 10.2 Å². The molecule has 1 aromatic carbocycles. The largest absolute Gasteiger partial charge is 0.370 e. The summed E-state index contributed by atoms with van der Waals surface area (Å²) in [5, 5.41) is 16.7. The van der Waals surface area contributed by atoms with Crippen LogP contribution in [0, 0.1) is 0 Å². The maximum atomic E-state index is 5.74. The standard InChI is InChI=1S/C19H21N5O/c1-2-5-14(6-3-1)19(10-11-19)13-20-16-8-9-17-21-22-18(24(17)23-16)15-7-4-12-25-15/h1-3,5-6,8-9,15H,4,7,10-13H2,(H,20,23). The fourth-order valence-electron chi connectivity index (χ4n) is 3.65. The van der Waals surface area contributed by atoms with Crippen molar-refractivity contribution in [1.82, 2.24) is 19.8 Å². The minimum atomic E-state index is 0.0110. The van der Waals surface area contributed by atoms with Crippen LogP contribution >= 0.6 is 0 Å². The highest BCUT2D eigenvalue weighted by molar-refractivity contribution is 5.45. The van der Waals surface area contributed by atoms with Crippen molar-refractivity contribution in [3.8, 4) is 0 Å². The highest BCUT2D eigenvalue weighted by atomic mass is 16.5. The second-order valence-corrected chi connectivity index (χ2v) is 7.05. The Bertz CT molecular complexity index is 881. The molecule has 1 N–H and O–H groups in total. The number of benzene rings is 1. The molecular weight excluding hydrogens is 314 g/mol. The summed E-state index contributed by atoms with van der Waals surface area (Å²) >= 11 is 0. The molecule has 128 valence electrons. The first kappa shape index (κ1) is 14.8. The number of hydrogen-bond acceptors (Lipinski definition) is 5. The lowest BCUT2D eigenvalue weighted by Crippen LogP contribution is -2.20. The van der Waals surface area contributed by atoms with E-state index in [-0.39, 0.29) is 11.5 Å². The van der Waals surface area contributed by atoms with Crippen molar-refractivity contribution in [2.75, 3.05) is 18.5 Å². The molecule has 1 atom stereocenters. The van der Waals surface area contributed by atoms with Gasteiger partial charge in [0.2, 0.25) is 0 Å². The Labute approximate surface area is 146 Å². The molecule has 0 spiro atoms. The number of nitrogens with one attached hydrogen (secondary N) is 1. The molecule has 1 aliphatic carbocycles. The third-order valence-corrected chi connectivity index (χ3v) is 5.35. The predicted molar refractivity (Wildman–Crippen MR) is 94.6 cm³/mol. The van der Waals surface area contributed by atoms with Crippen LogP contribution in [0.25, 0.3) is 5.65 Å². The SMILES string of the molecule is c1ccc(C2(CNc3ccc4nnc(C5CCCO5)n4n3)CC2)cc1. The Morgan fingerprint density at radius 3 is 2.76 bits per heavy atom. The first-order valence-electron chi connectivity index (χ1n) is 8.97. The molecule has 0 radical (unpaired) electrons. The maximum Gasteiger partial charge on any atom is 0.183 e. The fourth-order valence-corrected chi connectivity index (χ4v) is 3.65. The number of nitrogens with zero attached hydrogens (tertiary/aromatic N) is 4. The van der Waals surface area contributed by atoms with E-state index in [2.05, 4.69) is 45.8 Å². The van der Waals surface area contributed by atoms with Crippen LogP contribution in [0.1, 0.15) is 43.2 Å². The summed E-state index contributed by atoms with van der Waals surface area (Å²) in [6.45, 7) is 1.68. The summed E-state index contributed by atoms with van der Waals surface area (Å²) in [7, 11) is 0. The molecule has 6 heteroatoms. The molecule has 1 unspecified atom stereocenters. The van der Waals surface area contributed by atoms with Crippen molar-refractivity contribution in [3.63, 3.8) is 0 Å². The van der Waals surface area contributed by atoms with Gasteiger partial charge < -0.3 is 10.1 Å². The molecule has 6 nitrogen and oxygen atoms in total. The average molecular weight is 335 g/mol. The molecule has 1 saturated heterocycles. The summed E-state index contributed by atoms with van der Waals surface area (Å²) in [5.41, 5.74) is 2.43. The molecule has 1 saturated carbocycles. The smallest absolute Gasteiger partial charge is 0.183 e. The first-order valence-corrected chi connectivity index (χ1v) is 8.97. The van der Waals surface area contributed by atoms with E-state index in [0.717, 1.165) is 43.3 Å². The first-order chi connectivity index (χ1) is 12.3. The van der Waals surface area contributed by atoms with Crippen LogP contribution in [0.5, 0.6) is 0 Å². The average Bonchev–Trinajstić information content (AvgIpc) is 3.06. The van der Waals surface area contributed by atoms with Gasteiger partial charge >= 0.3 is 0 Å². The van der Waals surface area contributed by atoms with Gasteiger partial charge in [-0.05, 0) is 43.4 Å². The van der Waals surface area contributed by atoms with Crippen molar-refractivity contribution in [2.24, 2.45) is 0 Å². The zero-order chi connectivity index (χ0) is 16.7. The quantitative estimate of drug-likeness (QED) is 0.776. The normalized spacial score (nSPS) is 21.5. The fraction of sp³-hybridized carbons (Fsp3) is 0.421. The summed E-state index contributed by atoms with van der Waals surface area (Å²) in [5.74, 6) is 1.66. The number of aromatic nitrogens is 4. The minimum absolute atomic E-state index is 0.0110. The molecule has 3 aromatic rings. The lowest BCUT2D eigenvalue weighted by molar-refractivity contribution is 0.103. The third kappa shape index (κ3) is 2.66. The summed E-state index contributed by atoms with van der Waals surface area (Å²) in [6, 6.07) is 14.7. The number of ether oxygens (including phenoxy) is 1. The van der Waals surface area contributed by atoms with E-state index in [1.807, 2.05) is 16.6 Å². The zero-order valence-corrected chi connectivity index (χ0v) is 14.1. The van der Waals surface area contributed by atoms with E-state index < -0.39 is 0 Å². The van der Waals surface area contributed by atoms with Crippen molar-refractivity contribution in [3.05, 3.63) is 53.9 Å². The molecule has 25 heavy (non-hydrogen) atoms. The lowest BCUT2D eigenvalue weighted by Gasteiger charge is -2.17.